The fourth-order valence-electron chi connectivity index (χ4n) is 1.41. The van der Waals surface area contributed by atoms with E-state index < -0.39 is 5.97 Å². The third-order valence-corrected chi connectivity index (χ3v) is 2.39. The molecule has 0 fully saturated rings. The van der Waals surface area contributed by atoms with Crippen LogP contribution in [0.2, 0.25) is 0 Å². The summed E-state index contributed by atoms with van der Waals surface area (Å²) in [6.45, 7) is 5.26. The molecule has 0 saturated carbocycles. The number of carbonyl (C=O) groups excluding carboxylic acids is 1. The maximum Gasteiger partial charge on any atom is 0.333 e. The van der Waals surface area contributed by atoms with Crippen LogP contribution in [-0.2, 0) is 16.0 Å². The molecule has 19 heavy (non-hydrogen) atoms. The molecule has 0 atom stereocenters. The average molecular weight is 261 g/mol. The molecule has 0 aliphatic rings. The van der Waals surface area contributed by atoms with Gasteiger partial charge in [-0.3, -0.25) is 0 Å². The number of ether oxygens (including phenoxy) is 2. The molecule has 6 heteroatoms. The Labute approximate surface area is 111 Å². The summed E-state index contributed by atoms with van der Waals surface area (Å²) in [7, 11) is 1.55. The van der Waals surface area contributed by atoms with Crippen LogP contribution in [0.5, 0.6) is 5.75 Å². The van der Waals surface area contributed by atoms with Crippen molar-refractivity contribution in [3.63, 3.8) is 0 Å². The normalized spacial score (nSPS) is 9.37. The number of azide groups is 1. The second kappa shape index (κ2) is 7.08. The monoisotopic (exact) mass is 261 g/mol. The Morgan fingerprint density at radius 1 is 1.53 bits per heavy atom. The standard InChI is InChI=1S/C13H15N3O3/c1-9(2)13(17)19-7-6-10-8-11(18-3)4-5-12(10)15-16-14/h4-5,8H,1,6-7H2,2-3H3. The third kappa shape index (κ3) is 4.37. The molecule has 0 N–H and O–H groups in total. The summed E-state index contributed by atoms with van der Waals surface area (Å²) in [4.78, 5) is 14.0. The zero-order valence-electron chi connectivity index (χ0n) is 10.9. The van der Waals surface area contributed by atoms with Crippen molar-refractivity contribution < 1.29 is 14.3 Å². The lowest BCUT2D eigenvalue weighted by Crippen LogP contribution is -2.08. The summed E-state index contributed by atoms with van der Waals surface area (Å²) >= 11 is 0. The van der Waals surface area contributed by atoms with Crippen LogP contribution in [0.4, 0.5) is 5.69 Å². The molecule has 1 rings (SSSR count). The van der Waals surface area contributed by atoms with E-state index in [1.807, 2.05) is 0 Å². The molecule has 0 amide bonds. The molecule has 1 aromatic rings. The highest BCUT2D eigenvalue weighted by Crippen LogP contribution is 2.25. The van der Waals surface area contributed by atoms with Gasteiger partial charge < -0.3 is 9.47 Å². The molecule has 0 unspecified atom stereocenters. The van der Waals surface area contributed by atoms with Gasteiger partial charge in [0.05, 0.1) is 13.7 Å². The molecular weight excluding hydrogens is 246 g/mol. The highest BCUT2D eigenvalue weighted by molar-refractivity contribution is 5.86. The van der Waals surface area contributed by atoms with Crippen molar-refractivity contribution in [3.05, 3.63) is 46.4 Å². The lowest BCUT2D eigenvalue weighted by molar-refractivity contribution is -0.138. The Kier molecular flexibility index (Phi) is 5.44. The Bertz CT molecular complexity index is 534. The Hall–Kier alpha value is -2.46. The summed E-state index contributed by atoms with van der Waals surface area (Å²) in [5.41, 5.74) is 10.1. The molecular formula is C13H15N3O3. The van der Waals surface area contributed by atoms with E-state index in [2.05, 4.69) is 16.6 Å². The lowest BCUT2D eigenvalue weighted by Gasteiger charge is -2.08. The molecule has 0 saturated heterocycles. The summed E-state index contributed by atoms with van der Waals surface area (Å²) in [6, 6.07) is 5.11. The minimum Gasteiger partial charge on any atom is -0.497 e. The fraction of sp³-hybridized carbons (Fsp3) is 0.308. The van der Waals surface area contributed by atoms with E-state index in [1.165, 1.54) is 0 Å². The zero-order valence-corrected chi connectivity index (χ0v) is 10.9. The quantitative estimate of drug-likeness (QED) is 0.259. The Morgan fingerprint density at radius 3 is 2.84 bits per heavy atom. The highest BCUT2D eigenvalue weighted by atomic mass is 16.5. The van der Waals surface area contributed by atoms with Crippen LogP contribution in [0, 0.1) is 0 Å². The van der Waals surface area contributed by atoms with Crippen molar-refractivity contribution in [2.75, 3.05) is 13.7 Å². The van der Waals surface area contributed by atoms with E-state index in [4.69, 9.17) is 15.0 Å². The van der Waals surface area contributed by atoms with Crippen molar-refractivity contribution in [2.45, 2.75) is 13.3 Å². The highest BCUT2D eigenvalue weighted by Gasteiger charge is 2.06. The van der Waals surface area contributed by atoms with E-state index in [9.17, 15) is 4.79 Å². The SMILES string of the molecule is C=C(C)C(=O)OCCc1cc(OC)ccc1N=[N+]=[N-]. The molecule has 0 aliphatic carbocycles. The van der Waals surface area contributed by atoms with E-state index in [0.29, 0.717) is 23.4 Å². The number of benzene rings is 1. The second-order valence-electron chi connectivity index (χ2n) is 3.85. The fourth-order valence-corrected chi connectivity index (χ4v) is 1.41. The van der Waals surface area contributed by atoms with Crippen molar-refractivity contribution in [1.29, 1.82) is 0 Å². The van der Waals surface area contributed by atoms with Crippen LogP contribution >= 0.6 is 0 Å². The average Bonchev–Trinajstić information content (AvgIpc) is 2.40. The lowest BCUT2D eigenvalue weighted by atomic mass is 10.1. The smallest absolute Gasteiger partial charge is 0.333 e. The molecule has 0 aromatic heterocycles. The molecule has 0 radical (unpaired) electrons. The molecule has 0 aliphatic heterocycles. The van der Waals surface area contributed by atoms with E-state index in [0.717, 1.165) is 5.56 Å². The number of hydrogen-bond donors (Lipinski definition) is 0. The van der Waals surface area contributed by atoms with E-state index in [-0.39, 0.29) is 6.61 Å². The second-order valence-corrected chi connectivity index (χ2v) is 3.85. The van der Waals surface area contributed by atoms with Crippen LogP contribution in [0.1, 0.15) is 12.5 Å². The third-order valence-electron chi connectivity index (χ3n) is 2.39. The molecule has 6 nitrogen and oxygen atoms in total. The number of rotatable bonds is 6. The maximum absolute atomic E-state index is 11.2. The minimum absolute atomic E-state index is 0.187. The molecule has 100 valence electrons. The molecule has 0 spiro atoms. The van der Waals surface area contributed by atoms with Crippen molar-refractivity contribution in [2.24, 2.45) is 5.11 Å². The van der Waals surface area contributed by atoms with E-state index >= 15 is 0 Å². The number of carbonyl (C=O) groups is 1. The van der Waals surface area contributed by atoms with Crippen molar-refractivity contribution >= 4 is 11.7 Å². The van der Waals surface area contributed by atoms with Gasteiger partial charge in [-0.25, -0.2) is 4.79 Å². The summed E-state index contributed by atoms with van der Waals surface area (Å²) < 4.78 is 10.1. The van der Waals surface area contributed by atoms with Gasteiger partial charge >= 0.3 is 5.97 Å². The predicted molar refractivity (Wildman–Crippen MR) is 71.3 cm³/mol. The van der Waals surface area contributed by atoms with Gasteiger partial charge in [-0.2, -0.15) is 0 Å². The topological polar surface area (TPSA) is 84.3 Å². The first-order valence-electron chi connectivity index (χ1n) is 5.63. The molecule has 0 heterocycles. The van der Waals surface area contributed by atoms with Crippen LogP contribution < -0.4 is 4.74 Å². The Balaban J connectivity index is 2.77. The maximum atomic E-state index is 11.2. The number of esters is 1. The molecule has 1 aromatic carbocycles. The van der Waals surface area contributed by atoms with Gasteiger partial charge in [0.1, 0.15) is 5.75 Å². The van der Waals surface area contributed by atoms with Gasteiger partial charge in [-0.15, -0.1) is 0 Å². The number of nitrogens with zero attached hydrogens (tertiary/aromatic N) is 3. The van der Waals surface area contributed by atoms with Gasteiger partial charge in [0.2, 0.25) is 0 Å². The van der Waals surface area contributed by atoms with Gasteiger partial charge in [0.25, 0.3) is 0 Å². The zero-order chi connectivity index (χ0) is 14.3. The van der Waals surface area contributed by atoms with E-state index in [1.54, 1.807) is 32.2 Å². The number of hydrogen-bond acceptors (Lipinski definition) is 4. The predicted octanol–water partition coefficient (Wildman–Crippen LogP) is 3.30. The van der Waals surface area contributed by atoms with Crippen molar-refractivity contribution in [1.82, 2.24) is 0 Å². The first-order valence-corrected chi connectivity index (χ1v) is 5.63. The molecule has 0 bridgehead atoms. The van der Waals surface area contributed by atoms with Gasteiger partial charge in [0.15, 0.2) is 0 Å². The summed E-state index contributed by atoms with van der Waals surface area (Å²) in [5, 5.41) is 3.58. The van der Waals surface area contributed by atoms with Crippen molar-refractivity contribution in [3.8, 4) is 5.75 Å². The van der Waals surface area contributed by atoms with Gasteiger partial charge in [-0.1, -0.05) is 11.7 Å². The van der Waals surface area contributed by atoms with Crippen LogP contribution in [-0.4, -0.2) is 19.7 Å². The summed E-state index contributed by atoms with van der Waals surface area (Å²) in [5.74, 6) is 0.214. The largest absolute Gasteiger partial charge is 0.497 e. The first kappa shape index (κ1) is 14.6. The first-order chi connectivity index (χ1) is 9.08. The van der Waals surface area contributed by atoms with Crippen LogP contribution in [0.15, 0.2) is 35.5 Å². The van der Waals surface area contributed by atoms with Gasteiger partial charge in [0, 0.05) is 22.6 Å². The summed E-state index contributed by atoms with van der Waals surface area (Å²) in [6.07, 6.45) is 0.435. The Morgan fingerprint density at radius 2 is 2.26 bits per heavy atom. The van der Waals surface area contributed by atoms with Crippen LogP contribution in [0.25, 0.3) is 10.4 Å². The van der Waals surface area contributed by atoms with Gasteiger partial charge in [-0.05, 0) is 36.2 Å². The van der Waals surface area contributed by atoms with Crippen LogP contribution in [0.3, 0.4) is 0 Å². The number of methoxy groups -OCH3 is 1. The minimum atomic E-state index is -0.437.